The Hall–Kier alpha value is -1.06. The molecule has 0 spiro atoms. The van der Waals surface area contributed by atoms with Crippen LogP contribution in [0, 0.1) is 5.92 Å². The average Bonchev–Trinajstić information content (AvgIpc) is 2.44. The van der Waals surface area contributed by atoms with Gasteiger partial charge in [-0.15, -0.1) is 0 Å². The van der Waals surface area contributed by atoms with Gasteiger partial charge in [-0.25, -0.2) is 0 Å². The highest BCUT2D eigenvalue weighted by Gasteiger charge is 2.27. The fourth-order valence-corrected chi connectivity index (χ4v) is 2.10. The molecule has 0 bridgehead atoms. The summed E-state index contributed by atoms with van der Waals surface area (Å²) in [5.41, 5.74) is 0. The molecule has 0 radical (unpaired) electrons. The minimum Gasteiger partial charge on any atom is -0.468 e. The van der Waals surface area contributed by atoms with Crippen LogP contribution in [0.15, 0.2) is 0 Å². The number of rotatable bonds is 11. The summed E-state index contributed by atoms with van der Waals surface area (Å²) in [6.45, 7) is 2.21. The molecule has 0 atom stereocenters. The molecule has 0 unspecified atom stereocenters. The Labute approximate surface area is 116 Å². The lowest BCUT2D eigenvalue weighted by molar-refractivity contribution is -0.159. The summed E-state index contributed by atoms with van der Waals surface area (Å²) in [5.74, 6) is -1.74. The van der Waals surface area contributed by atoms with Crippen molar-refractivity contribution in [1.82, 2.24) is 0 Å². The van der Waals surface area contributed by atoms with Crippen LogP contribution < -0.4 is 0 Å². The SMILES string of the molecule is CCCCCCCCCCC(C(=O)OC)C(=O)OC. The van der Waals surface area contributed by atoms with Crippen molar-refractivity contribution in [3.8, 4) is 0 Å². The van der Waals surface area contributed by atoms with Gasteiger partial charge < -0.3 is 9.47 Å². The molecule has 0 N–H and O–H groups in total. The first-order chi connectivity index (χ1) is 9.17. The molecule has 4 heteroatoms. The third-order valence-electron chi connectivity index (χ3n) is 3.32. The first-order valence-electron chi connectivity index (χ1n) is 7.33. The van der Waals surface area contributed by atoms with Crippen LogP contribution in [0.1, 0.15) is 64.7 Å². The van der Waals surface area contributed by atoms with E-state index in [9.17, 15) is 9.59 Å². The molecule has 0 saturated heterocycles. The molecule has 0 amide bonds. The highest BCUT2D eigenvalue weighted by Crippen LogP contribution is 2.15. The number of esters is 2. The Bertz CT molecular complexity index is 235. The Morgan fingerprint density at radius 2 is 1.21 bits per heavy atom. The number of carbonyl (C=O) groups is 2. The Morgan fingerprint density at radius 3 is 1.63 bits per heavy atom. The molecule has 19 heavy (non-hydrogen) atoms. The molecule has 0 aromatic rings. The van der Waals surface area contributed by atoms with E-state index in [1.54, 1.807) is 0 Å². The lowest BCUT2D eigenvalue weighted by Crippen LogP contribution is -2.26. The van der Waals surface area contributed by atoms with Gasteiger partial charge in [-0.3, -0.25) is 9.59 Å². The van der Waals surface area contributed by atoms with E-state index >= 15 is 0 Å². The number of carbonyl (C=O) groups excluding carboxylic acids is 2. The van der Waals surface area contributed by atoms with Crippen molar-refractivity contribution in [1.29, 1.82) is 0 Å². The van der Waals surface area contributed by atoms with Crippen LogP contribution in [0.3, 0.4) is 0 Å². The Balaban J connectivity index is 3.70. The van der Waals surface area contributed by atoms with Crippen molar-refractivity contribution in [2.45, 2.75) is 64.7 Å². The Kier molecular flexibility index (Phi) is 11.3. The van der Waals surface area contributed by atoms with Gasteiger partial charge >= 0.3 is 11.9 Å². The molecule has 112 valence electrons. The van der Waals surface area contributed by atoms with Crippen molar-refractivity contribution in [3.05, 3.63) is 0 Å². The summed E-state index contributed by atoms with van der Waals surface area (Å²) in [5, 5.41) is 0. The largest absolute Gasteiger partial charge is 0.468 e. The lowest BCUT2D eigenvalue weighted by atomic mass is 10.00. The molecule has 0 aromatic carbocycles. The first-order valence-corrected chi connectivity index (χ1v) is 7.33. The number of methoxy groups -OCH3 is 2. The van der Waals surface area contributed by atoms with E-state index in [4.69, 9.17) is 0 Å². The predicted octanol–water partition coefficient (Wildman–Crippen LogP) is 3.48. The van der Waals surface area contributed by atoms with E-state index < -0.39 is 17.9 Å². The predicted molar refractivity (Wildman–Crippen MR) is 74.7 cm³/mol. The average molecular weight is 272 g/mol. The quantitative estimate of drug-likeness (QED) is 0.328. The van der Waals surface area contributed by atoms with Crippen molar-refractivity contribution >= 4 is 11.9 Å². The van der Waals surface area contributed by atoms with Crippen molar-refractivity contribution in [3.63, 3.8) is 0 Å². The third kappa shape index (κ3) is 8.62. The highest BCUT2D eigenvalue weighted by atomic mass is 16.5. The molecule has 0 saturated carbocycles. The molecular formula is C15H28O4. The van der Waals surface area contributed by atoms with E-state index in [1.165, 1.54) is 52.7 Å². The van der Waals surface area contributed by atoms with E-state index in [-0.39, 0.29) is 0 Å². The lowest BCUT2D eigenvalue weighted by Gasteiger charge is -2.11. The summed E-state index contributed by atoms with van der Waals surface area (Å²) in [6.07, 6.45) is 10.0. The van der Waals surface area contributed by atoms with Crippen molar-refractivity contribution < 1.29 is 19.1 Å². The van der Waals surface area contributed by atoms with Gasteiger partial charge in [0.15, 0.2) is 5.92 Å². The van der Waals surface area contributed by atoms with E-state index in [0.29, 0.717) is 6.42 Å². The third-order valence-corrected chi connectivity index (χ3v) is 3.32. The number of unbranched alkanes of at least 4 members (excludes halogenated alkanes) is 7. The minimum absolute atomic E-state index is 0.491. The maximum absolute atomic E-state index is 11.4. The minimum atomic E-state index is -0.755. The van der Waals surface area contributed by atoms with Gasteiger partial charge in [0, 0.05) is 0 Å². The summed E-state index contributed by atoms with van der Waals surface area (Å²) in [7, 11) is 2.60. The summed E-state index contributed by atoms with van der Waals surface area (Å²) < 4.78 is 9.24. The van der Waals surface area contributed by atoms with Gasteiger partial charge in [0.05, 0.1) is 14.2 Å². The zero-order chi connectivity index (χ0) is 14.5. The van der Waals surface area contributed by atoms with Gasteiger partial charge in [0.2, 0.25) is 0 Å². The zero-order valence-corrected chi connectivity index (χ0v) is 12.6. The standard InChI is InChI=1S/C15H28O4/c1-4-5-6-7-8-9-10-11-12-13(14(16)18-2)15(17)19-3/h13H,4-12H2,1-3H3. The molecule has 0 aliphatic rings. The van der Waals surface area contributed by atoms with E-state index in [0.717, 1.165) is 12.8 Å². The van der Waals surface area contributed by atoms with Crippen LogP contribution >= 0.6 is 0 Å². The Morgan fingerprint density at radius 1 is 0.789 bits per heavy atom. The fraction of sp³-hybridized carbons (Fsp3) is 0.867. The van der Waals surface area contributed by atoms with E-state index in [2.05, 4.69) is 16.4 Å². The summed E-state index contributed by atoms with van der Waals surface area (Å²) in [6, 6.07) is 0. The monoisotopic (exact) mass is 272 g/mol. The summed E-state index contributed by atoms with van der Waals surface area (Å²) in [4.78, 5) is 22.9. The van der Waals surface area contributed by atoms with Crippen LogP contribution in [0.25, 0.3) is 0 Å². The topological polar surface area (TPSA) is 52.6 Å². The normalized spacial score (nSPS) is 10.5. The number of hydrogen-bond donors (Lipinski definition) is 0. The van der Waals surface area contributed by atoms with E-state index in [1.807, 2.05) is 0 Å². The maximum atomic E-state index is 11.4. The molecule has 0 aliphatic heterocycles. The summed E-state index contributed by atoms with van der Waals surface area (Å²) >= 11 is 0. The number of hydrogen-bond acceptors (Lipinski definition) is 4. The number of ether oxygens (including phenoxy) is 2. The van der Waals surface area contributed by atoms with Gasteiger partial charge in [0.1, 0.15) is 0 Å². The maximum Gasteiger partial charge on any atom is 0.320 e. The van der Waals surface area contributed by atoms with Crippen LogP contribution in [0.2, 0.25) is 0 Å². The van der Waals surface area contributed by atoms with Crippen LogP contribution in [-0.4, -0.2) is 26.2 Å². The van der Waals surface area contributed by atoms with Crippen LogP contribution in [-0.2, 0) is 19.1 Å². The molecule has 0 aromatic heterocycles. The van der Waals surface area contributed by atoms with Crippen LogP contribution in [0.4, 0.5) is 0 Å². The molecular weight excluding hydrogens is 244 g/mol. The molecule has 0 fully saturated rings. The van der Waals surface area contributed by atoms with Gasteiger partial charge in [-0.2, -0.15) is 0 Å². The van der Waals surface area contributed by atoms with Crippen molar-refractivity contribution in [2.75, 3.05) is 14.2 Å². The van der Waals surface area contributed by atoms with Gasteiger partial charge in [0.25, 0.3) is 0 Å². The highest BCUT2D eigenvalue weighted by molar-refractivity contribution is 5.94. The second-order valence-corrected chi connectivity index (χ2v) is 4.86. The van der Waals surface area contributed by atoms with Crippen LogP contribution in [0.5, 0.6) is 0 Å². The second-order valence-electron chi connectivity index (χ2n) is 4.86. The molecule has 0 aliphatic carbocycles. The second kappa shape index (κ2) is 12.0. The molecule has 0 rings (SSSR count). The van der Waals surface area contributed by atoms with Crippen molar-refractivity contribution in [2.24, 2.45) is 5.92 Å². The smallest absolute Gasteiger partial charge is 0.320 e. The molecule has 0 heterocycles. The first kappa shape index (κ1) is 17.9. The van der Waals surface area contributed by atoms with Gasteiger partial charge in [-0.05, 0) is 6.42 Å². The van der Waals surface area contributed by atoms with Gasteiger partial charge in [-0.1, -0.05) is 58.3 Å². The molecule has 4 nitrogen and oxygen atoms in total. The fourth-order valence-electron chi connectivity index (χ4n) is 2.10. The zero-order valence-electron chi connectivity index (χ0n) is 12.6.